The van der Waals surface area contributed by atoms with Crippen molar-refractivity contribution in [3.8, 4) is 0 Å². The Morgan fingerprint density at radius 3 is 1.57 bits per heavy atom. The number of aliphatic carboxylic acids is 1. The minimum absolute atomic E-state index is 0. The SMILES string of the molecule is CC(=O)O.Cl.[Pd].[Zn]. The third-order valence-electron chi connectivity index (χ3n) is 0. The maximum absolute atomic E-state index is 9.00. The average Bonchev–Trinajstić information content (AvgIpc) is 0.811. The van der Waals surface area contributed by atoms with E-state index in [1.165, 1.54) is 0 Å². The Hall–Kier alpha value is 1.05. The molecule has 0 atom stereocenters. The van der Waals surface area contributed by atoms with Gasteiger partial charge in [0.2, 0.25) is 0 Å². The van der Waals surface area contributed by atoms with E-state index in [4.69, 9.17) is 9.90 Å². The van der Waals surface area contributed by atoms with Crippen LogP contribution in [0.5, 0.6) is 0 Å². The predicted molar refractivity (Wildman–Crippen MR) is 20.6 cm³/mol. The molecule has 5 heteroatoms. The van der Waals surface area contributed by atoms with Crippen LogP contribution in [0.3, 0.4) is 0 Å². The Kier molecular flexibility index (Phi) is 54.8. The predicted octanol–water partition coefficient (Wildman–Crippen LogP) is 0.508. The first-order chi connectivity index (χ1) is 1.73. The van der Waals surface area contributed by atoms with Gasteiger partial charge in [-0.25, -0.2) is 0 Å². The largest absolute Gasteiger partial charge is 0.481 e. The van der Waals surface area contributed by atoms with Crippen molar-refractivity contribution in [2.24, 2.45) is 0 Å². The van der Waals surface area contributed by atoms with Gasteiger partial charge in [0.25, 0.3) is 5.97 Å². The van der Waals surface area contributed by atoms with E-state index >= 15 is 0 Å². The first kappa shape index (κ1) is 24.4. The fourth-order valence-corrected chi connectivity index (χ4v) is 0. The molecule has 0 bridgehead atoms. The first-order valence-corrected chi connectivity index (χ1v) is 0.928. The van der Waals surface area contributed by atoms with E-state index in [2.05, 4.69) is 0 Å². The van der Waals surface area contributed by atoms with Crippen LogP contribution in [0.4, 0.5) is 0 Å². The second-order valence-corrected chi connectivity index (χ2v) is 0.519. The van der Waals surface area contributed by atoms with E-state index in [0.717, 1.165) is 6.92 Å². The molecule has 0 aliphatic carbocycles. The van der Waals surface area contributed by atoms with Gasteiger partial charge in [-0.05, 0) is 0 Å². The fraction of sp³-hybridized carbons (Fsp3) is 0.500. The average molecular weight is 268 g/mol. The minimum atomic E-state index is -0.833. The topological polar surface area (TPSA) is 37.3 Å². The normalized spacial score (nSPS) is 3.57. The minimum Gasteiger partial charge on any atom is -0.481 e. The molecule has 0 unspecified atom stereocenters. The summed E-state index contributed by atoms with van der Waals surface area (Å²) in [5, 5.41) is 7.42. The Morgan fingerprint density at radius 1 is 1.57 bits per heavy atom. The smallest absolute Gasteiger partial charge is 0.300 e. The van der Waals surface area contributed by atoms with Crippen molar-refractivity contribution in [3.05, 3.63) is 0 Å². The van der Waals surface area contributed by atoms with Crippen molar-refractivity contribution in [2.45, 2.75) is 6.92 Å². The van der Waals surface area contributed by atoms with Crippen LogP contribution >= 0.6 is 12.4 Å². The van der Waals surface area contributed by atoms with Crippen molar-refractivity contribution in [3.63, 3.8) is 0 Å². The van der Waals surface area contributed by atoms with Crippen LogP contribution in [-0.2, 0) is 44.7 Å². The van der Waals surface area contributed by atoms with Crippen molar-refractivity contribution >= 4 is 18.4 Å². The van der Waals surface area contributed by atoms with Gasteiger partial charge in [0, 0.05) is 46.8 Å². The summed E-state index contributed by atoms with van der Waals surface area (Å²) in [6.07, 6.45) is 0. The Balaban J connectivity index is -0.0000000150. The van der Waals surface area contributed by atoms with E-state index in [9.17, 15) is 0 Å². The molecule has 0 aliphatic rings. The van der Waals surface area contributed by atoms with Crippen molar-refractivity contribution in [1.29, 1.82) is 0 Å². The molecule has 0 heterocycles. The molecule has 2 nitrogen and oxygen atoms in total. The van der Waals surface area contributed by atoms with Crippen LogP contribution in [0.15, 0.2) is 0 Å². The van der Waals surface area contributed by atoms with Gasteiger partial charge in [0.15, 0.2) is 0 Å². The van der Waals surface area contributed by atoms with Gasteiger partial charge < -0.3 is 5.11 Å². The molecule has 0 spiro atoms. The van der Waals surface area contributed by atoms with Crippen molar-refractivity contribution in [2.75, 3.05) is 0 Å². The quantitative estimate of drug-likeness (QED) is 0.650. The molecule has 0 saturated heterocycles. The monoisotopic (exact) mass is 266 g/mol. The van der Waals surface area contributed by atoms with Gasteiger partial charge >= 0.3 is 0 Å². The maximum atomic E-state index is 9.00. The Morgan fingerprint density at radius 2 is 1.57 bits per heavy atom. The van der Waals surface area contributed by atoms with Crippen LogP contribution < -0.4 is 0 Å². The summed E-state index contributed by atoms with van der Waals surface area (Å²) in [5.74, 6) is -0.833. The van der Waals surface area contributed by atoms with Crippen molar-refractivity contribution in [1.82, 2.24) is 0 Å². The van der Waals surface area contributed by atoms with Crippen LogP contribution in [0.2, 0.25) is 0 Å². The molecule has 44 valence electrons. The number of rotatable bonds is 0. The van der Waals surface area contributed by atoms with Gasteiger partial charge in [-0.2, -0.15) is 0 Å². The van der Waals surface area contributed by atoms with Gasteiger partial charge in [0.05, 0.1) is 0 Å². The number of carboxylic acid groups (broad SMARTS) is 1. The molecule has 0 aromatic carbocycles. The van der Waals surface area contributed by atoms with Crippen LogP contribution in [0.1, 0.15) is 6.92 Å². The molecule has 1 N–H and O–H groups in total. The number of hydrogen-bond acceptors (Lipinski definition) is 1. The van der Waals surface area contributed by atoms with Crippen LogP contribution in [0, 0.1) is 0 Å². The third kappa shape index (κ3) is 164. The van der Waals surface area contributed by atoms with Crippen LogP contribution in [-0.4, -0.2) is 11.1 Å². The van der Waals surface area contributed by atoms with Gasteiger partial charge in [-0.1, -0.05) is 0 Å². The second kappa shape index (κ2) is 15.7. The van der Waals surface area contributed by atoms with Gasteiger partial charge in [-0.3, -0.25) is 4.79 Å². The summed E-state index contributed by atoms with van der Waals surface area (Å²) in [7, 11) is 0. The van der Waals surface area contributed by atoms with E-state index in [0.29, 0.717) is 0 Å². The van der Waals surface area contributed by atoms with E-state index < -0.39 is 5.97 Å². The molecule has 0 fully saturated rings. The molecule has 0 amide bonds. The number of carboxylic acids is 1. The number of halogens is 1. The maximum Gasteiger partial charge on any atom is 0.300 e. The number of hydrogen-bond donors (Lipinski definition) is 1. The molecule has 0 aromatic rings. The van der Waals surface area contributed by atoms with Crippen molar-refractivity contribution < 1.29 is 49.8 Å². The second-order valence-electron chi connectivity index (χ2n) is 0.519. The van der Waals surface area contributed by atoms with Crippen LogP contribution in [0.25, 0.3) is 0 Å². The first-order valence-electron chi connectivity index (χ1n) is 0.928. The third-order valence-corrected chi connectivity index (χ3v) is 0. The molecule has 0 radical (unpaired) electrons. The molecular formula is C2H5ClO2PdZn. The zero-order chi connectivity index (χ0) is 3.58. The summed E-state index contributed by atoms with van der Waals surface area (Å²) in [5.41, 5.74) is 0. The summed E-state index contributed by atoms with van der Waals surface area (Å²) in [4.78, 5) is 9.00. The van der Waals surface area contributed by atoms with Gasteiger partial charge in [-0.15, -0.1) is 12.4 Å². The number of carbonyl (C=O) groups is 1. The molecule has 0 saturated carbocycles. The molecule has 0 rings (SSSR count). The van der Waals surface area contributed by atoms with E-state index in [1.807, 2.05) is 0 Å². The zero-order valence-corrected chi connectivity index (χ0v) is 9.13. The Bertz CT molecular complexity index is 38.7. The fourth-order valence-electron chi connectivity index (χ4n) is 0. The van der Waals surface area contributed by atoms with Gasteiger partial charge in [0.1, 0.15) is 0 Å². The summed E-state index contributed by atoms with van der Waals surface area (Å²) < 4.78 is 0. The van der Waals surface area contributed by atoms with E-state index in [-0.39, 0.29) is 52.3 Å². The summed E-state index contributed by atoms with van der Waals surface area (Å²) >= 11 is 0. The molecular weight excluding hydrogens is 263 g/mol. The Labute approximate surface area is 74.9 Å². The zero-order valence-electron chi connectivity index (χ0n) is 3.79. The van der Waals surface area contributed by atoms with E-state index in [1.54, 1.807) is 0 Å². The summed E-state index contributed by atoms with van der Waals surface area (Å²) in [6, 6.07) is 0. The summed E-state index contributed by atoms with van der Waals surface area (Å²) in [6.45, 7) is 1.08. The molecule has 0 aliphatic heterocycles. The molecule has 0 aromatic heterocycles. The standard InChI is InChI=1S/C2H4O2.ClH.Pd.Zn/c1-2(3)4;;;/h1H3,(H,3,4);1H;;. The molecule has 7 heavy (non-hydrogen) atoms.